The molecule has 0 aliphatic rings. The van der Waals surface area contributed by atoms with Crippen LogP contribution in [0.3, 0.4) is 0 Å². The van der Waals surface area contributed by atoms with E-state index in [-0.39, 0.29) is 0 Å². The van der Waals surface area contributed by atoms with E-state index in [1.807, 2.05) is 24.3 Å². The Labute approximate surface area is 136 Å². The second-order valence-electron chi connectivity index (χ2n) is 5.53. The van der Waals surface area contributed by atoms with Crippen molar-refractivity contribution in [3.63, 3.8) is 0 Å². The van der Waals surface area contributed by atoms with E-state index in [0.717, 1.165) is 21.9 Å². The summed E-state index contributed by atoms with van der Waals surface area (Å²) >= 11 is -1.95. The summed E-state index contributed by atoms with van der Waals surface area (Å²) in [4.78, 5) is 0.424. The van der Waals surface area contributed by atoms with E-state index < -0.39 is 11.1 Å². The summed E-state index contributed by atoms with van der Waals surface area (Å²) in [6, 6.07) is 26.2. The second kappa shape index (κ2) is 5.61. The van der Waals surface area contributed by atoms with Gasteiger partial charge < -0.3 is 4.55 Å². The van der Waals surface area contributed by atoms with E-state index in [1.54, 1.807) is 12.1 Å². The Morgan fingerprint density at radius 2 is 1.17 bits per heavy atom. The molecule has 3 heteroatoms. The van der Waals surface area contributed by atoms with Gasteiger partial charge in [0.25, 0.3) is 0 Å². The second-order valence-corrected chi connectivity index (χ2v) is 6.50. The summed E-state index contributed by atoms with van der Waals surface area (Å²) in [5.74, 6) is 0. The monoisotopic (exact) mass is 318 g/mol. The molecule has 23 heavy (non-hydrogen) atoms. The van der Waals surface area contributed by atoms with Crippen LogP contribution in [0.5, 0.6) is 0 Å². The average molecular weight is 318 g/mol. The Hall–Kier alpha value is -2.49. The number of hydrogen-bond donors (Lipinski definition) is 1. The quantitative estimate of drug-likeness (QED) is 0.513. The normalized spacial score (nSPS) is 12.6. The van der Waals surface area contributed by atoms with Gasteiger partial charge >= 0.3 is 0 Å². The molecule has 4 rings (SSSR count). The predicted octanol–water partition coefficient (Wildman–Crippen LogP) is 5.24. The largest absolute Gasteiger partial charge is 0.302 e. The topological polar surface area (TPSA) is 37.3 Å². The van der Waals surface area contributed by atoms with Crippen LogP contribution in [-0.2, 0) is 11.1 Å². The van der Waals surface area contributed by atoms with E-state index in [4.69, 9.17) is 0 Å². The van der Waals surface area contributed by atoms with Gasteiger partial charge in [-0.3, -0.25) is 0 Å². The molecule has 0 heterocycles. The number of fused-ring (bicyclic) bond motifs is 2. The third-order valence-corrected chi connectivity index (χ3v) is 4.75. The van der Waals surface area contributed by atoms with Crippen LogP contribution in [0.15, 0.2) is 83.8 Å². The summed E-state index contributed by atoms with van der Waals surface area (Å²) in [6.45, 7) is 0. The van der Waals surface area contributed by atoms with E-state index in [2.05, 4.69) is 42.5 Å². The molecule has 0 aromatic heterocycles. The van der Waals surface area contributed by atoms with Crippen molar-refractivity contribution in [2.24, 2.45) is 0 Å². The highest BCUT2D eigenvalue weighted by molar-refractivity contribution is 7.79. The highest BCUT2D eigenvalue weighted by Crippen LogP contribution is 2.28. The van der Waals surface area contributed by atoms with Crippen LogP contribution in [-0.4, -0.2) is 8.76 Å². The van der Waals surface area contributed by atoms with Crippen LogP contribution in [0.25, 0.3) is 32.7 Å². The minimum Gasteiger partial charge on any atom is -0.302 e. The third-order valence-electron chi connectivity index (χ3n) is 4.10. The smallest absolute Gasteiger partial charge is 0.186 e. The minimum atomic E-state index is -1.95. The van der Waals surface area contributed by atoms with Gasteiger partial charge in [0.2, 0.25) is 0 Å². The van der Waals surface area contributed by atoms with E-state index in [9.17, 15) is 8.76 Å². The molecule has 4 aromatic carbocycles. The van der Waals surface area contributed by atoms with Gasteiger partial charge in [0, 0.05) is 0 Å². The Balaban J connectivity index is 1.87. The average Bonchev–Trinajstić information content (AvgIpc) is 2.60. The Morgan fingerprint density at radius 1 is 0.609 bits per heavy atom. The van der Waals surface area contributed by atoms with Gasteiger partial charge in [0.1, 0.15) is 0 Å². The zero-order valence-corrected chi connectivity index (χ0v) is 13.1. The molecule has 4 aromatic rings. The van der Waals surface area contributed by atoms with Gasteiger partial charge in [-0.15, -0.1) is 0 Å². The lowest BCUT2D eigenvalue weighted by atomic mass is 9.99. The Morgan fingerprint density at radius 3 is 1.87 bits per heavy atom. The van der Waals surface area contributed by atoms with Gasteiger partial charge in [-0.2, -0.15) is 0 Å². The first-order chi connectivity index (χ1) is 11.2. The summed E-state index contributed by atoms with van der Waals surface area (Å²) in [7, 11) is 0. The molecule has 0 amide bonds. The summed E-state index contributed by atoms with van der Waals surface area (Å²) in [5.41, 5.74) is 2.24. The zero-order valence-electron chi connectivity index (χ0n) is 12.3. The summed E-state index contributed by atoms with van der Waals surface area (Å²) < 4.78 is 20.5. The molecule has 0 spiro atoms. The standard InChI is InChI=1S/C20H14O2S/c21-23(22)20-10-9-15-6-8-18(12-19(15)13-20)17-7-5-14-3-1-2-4-16(14)11-17/h1-13H,(H,21,22). The van der Waals surface area contributed by atoms with Crippen molar-refractivity contribution in [1.29, 1.82) is 0 Å². The summed E-state index contributed by atoms with van der Waals surface area (Å²) in [5, 5.41) is 4.45. The molecule has 1 atom stereocenters. The van der Waals surface area contributed by atoms with Crippen LogP contribution < -0.4 is 0 Å². The molecule has 2 nitrogen and oxygen atoms in total. The molecule has 1 N–H and O–H groups in total. The maximum absolute atomic E-state index is 11.3. The first-order valence-corrected chi connectivity index (χ1v) is 8.45. The van der Waals surface area contributed by atoms with Crippen molar-refractivity contribution < 1.29 is 8.76 Å². The number of rotatable bonds is 2. The number of benzene rings is 4. The van der Waals surface area contributed by atoms with Gasteiger partial charge in [0.15, 0.2) is 11.1 Å². The SMILES string of the molecule is O=S(O)c1ccc2ccc(-c3ccc4ccccc4c3)cc2c1. The fourth-order valence-corrected chi connectivity index (χ4v) is 3.29. The molecular formula is C20H14O2S. The van der Waals surface area contributed by atoms with Crippen molar-refractivity contribution in [3.05, 3.63) is 78.9 Å². The van der Waals surface area contributed by atoms with Gasteiger partial charge in [-0.05, 0) is 56.9 Å². The van der Waals surface area contributed by atoms with Crippen molar-refractivity contribution in [1.82, 2.24) is 0 Å². The van der Waals surface area contributed by atoms with E-state index >= 15 is 0 Å². The molecule has 0 aliphatic heterocycles. The molecule has 1 unspecified atom stereocenters. The fourth-order valence-electron chi connectivity index (χ4n) is 2.88. The molecule has 0 saturated heterocycles. The first kappa shape index (κ1) is 14.1. The van der Waals surface area contributed by atoms with Crippen molar-refractivity contribution in [3.8, 4) is 11.1 Å². The van der Waals surface area contributed by atoms with Crippen LogP contribution in [0.4, 0.5) is 0 Å². The van der Waals surface area contributed by atoms with Gasteiger partial charge in [0.05, 0.1) is 4.90 Å². The van der Waals surface area contributed by atoms with E-state index in [0.29, 0.717) is 4.90 Å². The molecule has 0 aliphatic carbocycles. The highest BCUT2D eigenvalue weighted by Gasteiger charge is 2.04. The molecule has 0 saturated carbocycles. The maximum Gasteiger partial charge on any atom is 0.186 e. The first-order valence-electron chi connectivity index (χ1n) is 7.34. The van der Waals surface area contributed by atoms with Gasteiger partial charge in [-0.25, -0.2) is 4.21 Å². The molecule has 0 radical (unpaired) electrons. The fraction of sp³-hybridized carbons (Fsp3) is 0. The highest BCUT2D eigenvalue weighted by atomic mass is 32.2. The Kier molecular flexibility index (Phi) is 3.45. The summed E-state index contributed by atoms with van der Waals surface area (Å²) in [6.07, 6.45) is 0. The number of hydrogen-bond acceptors (Lipinski definition) is 1. The predicted molar refractivity (Wildman–Crippen MR) is 95.9 cm³/mol. The molecule has 0 fully saturated rings. The Bertz CT molecular complexity index is 1050. The lowest BCUT2D eigenvalue weighted by molar-refractivity contribution is 0.564. The minimum absolute atomic E-state index is 0.424. The lowest BCUT2D eigenvalue weighted by Gasteiger charge is -2.07. The van der Waals surface area contributed by atoms with Crippen molar-refractivity contribution in [2.75, 3.05) is 0 Å². The zero-order chi connectivity index (χ0) is 15.8. The van der Waals surface area contributed by atoms with Crippen molar-refractivity contribution in [2.45, 2.75) is 4.90 Å². The van der Waals surface area contributed by atoms with Gasteiger partial charge in [-0.1, -0.05) is 54.6 Å². The third kappa shape index (κ3) is 2.65. The van der Waals surface area contributed by atoms with Crippen LogP contribution >= 0.6 is 0 Å². The maximum atomic E-state index is 11.3. The van der Waals surface area contributed by atoms with Crippen LogP contribution in [0.1, 0.15) is 0 Å². The lowest BCUT2D eigenvalue weighted by Crippen LogP contribution is -1.88. The molecular weight excluding hydrogens is 304 g/mol. The van der Waals surface area contributed by atoms with Crippen LogP contribution in [0.2, 0.25) is 0 Å². The van der Waals surface area contributed by atoms with E-state index in [1.165, 1.54) is 10.8 Å². The molecule has 112 valence electrons. The van der Waals surface area contributed by atoms with Crippen molar-refractivity contribution >= 4 is 32.6 Å². The van der Waals surface area contributed by atoms with Crippen LogP contribution in [0, 0.1) is 0 Å². The molecule has 0 bridgehead atoms.